The largest absolute Gasteiger partial charge is 0.480 e. The van der Waals surface area contributed by atoms with Gasteiger partial charge in [-0.15, -0.1) is 0 Å². The number of aromatic nitrogens is 4. The van der Waals surface area contributed by atoms with E-state index in [-0.39, 0.29) is 13.1 Å². The van der Waals surface area contributed by atoms with Crippen molar-refractivity contribution in [3.63, 3.8) is 0 Å². The number of imidazole rings is 1. The number of halogens is 1. The van der Waals surface area contributed by atoms with E-state index < -0.39 is 30.1 Å². The minimum atomic E-state index is -1.18. The molecule has 0 aliphatic heterocycles. The summed E-state index contributed by atoms with van der Waals surface area (Å²) < 4.78 is 18.1. The molecule has 32 heavy (non-hydrogen) atoms. The van der Waals surface area contributed by atoms with Gasteiger partial charge >= 0.3 is 5.97 Å². The number of nitrogens with one attached hydrogen (secondary N) is 2. The molecule has 11 heteroatoms. The number of amides is 2. The summed E-state index contributed by atoms with van der Waals surface area (Å²) >= 11 is 0. The summed E-state index contributed by atoms with van der Waals surface area (Å²) in [6.45, 7) is -0.986. The highest BCUT2D eigenvalue weighted by Crippen LogP contribution is 2.32. The minimum absolute atomic E-state index is 0.116. The second-order valence-electron chi connectivity index (χ2n) is 7.15. The second kappa shape index (κ2) is 8.46. The van der Waals surface area contributed by atoms with Crippen molar-refractivity contribution in [3.05, 3.63) is 48.7 Å². The SMILES string of the molecule is Cn1ncc2cc(F)c(-c3cccc4c3ncn4CC(=O)NCC(=O)NCC(=O)O)cc21. The highest BCUT2D eigenvalue weighted by Gasteiger charge is 2.16. The van der Waals surface area contributed by atoms with Crippen molar-refractivity contribution >= 4 is 39.7 Å². The fourth-order valence-electron chi connectivity index (χ4n) is 3.44. The van der Waals surface area contributed by atoms with E-state index >= 15 is 0 Å². The van der Waals surface area contributed by atoms with Gasteiger partial charge < -0.3 is 20.3 Å². The molecule has 0 bridgehead atoms. The van der Waals surface area contributed by atoms with Gasteiger partial charge in [-0.2, -0.15) is 5.10 Å². The standard InChI is InChI=1S/C21H19FN6O4/c1-27-17-6-14(15(22)5-12(17)7-26-27)13-3-2-4-16-21(13)25-11-28(16)10-19(30)23-8-18(29)24-9-20(31)32/h2-7,11H,8-10H2,1H3,(H,23,30)(H,24,29)(H,31,32). The fraction of sp³-hybridized carbons (Fsp3) is 0.190. The van der Waals surface area contributed by atoms with Crippen LogP contribution in [0.2, 0.25) is 0 Å². The maximum Gasteiger partial charge on any atom is 0.322 e. The molecule has 3 N–H and O–H groups in total. The summed E-state index contributed by atoms with van der Waals surface area (Å²) in [5, 5.41) is 18.0. The third-order valence-electron chi connectivity index (χ3n) is 4.97. The van der Waals surface area contributed by atoms with Gasteiger partial charge in [-0.25, -0.2) is 9.37 Å². The zero-order valence-electron chi connectivity index (χ0n) is 17.0. The first-order valence-corrected chi connectivity index (χ1v) is 9.64. The Morgan fingerprint density at radius 2 is 1.84 bits per heavy atom. The second-order valence-corrected chi connectivity index (χ2v) is 7.15. The van der Waals surface area contributed by atoms with E-state index in [0.717, 1.165) is 5.52 Å². The number of aryl methyl sites for hydroxylation is 1. The number of carboxylic acids is 1. The Morgan fingerprint density at radius 1 is 1.06 bits per heavy atom. The molecule has 0 aliphatic carbocycles. The Balaban J connectivity index is 1.56. The van der Waals surface area contributed by atoms with E-state index in [2.05, 4.69) is 20.7 Å². The number of carboxylic acid groups (broad SMARTS) is 1. The molecule has 0 aliphatic rings. The van der Waals surface area contributed by atoms with Crippen LogP contribution in [0.4, 0.5) is 4.39 Å². The van der Waals surface area contributed by atoms with Crippen molar-refractivity contribution in [2.24, 2.45) is 7.05 Å². The lowest BCUT2D eigenvalue weighted by Gasteiger charge is -2.08. The van der Waals surface area contributed by atoms with Crippen molar-refractivity contribution in [1.82, 2.24) is 30.0 Å². The lowest BCUT2D eigenvalue weighted by Crippen LogP contribution is -2.40. The van der Waals surface area contributed by atoms with Gasteiger partial charge in [0.15, 0.2) is 0 Å². The molecule has 2 amide bonds. The highest BCUT2D eigenvalue weighted by atomic mass is 19.1. The number of rotatable bonds is 7. The number of carbonyl (C=O) groups excluding carboxylic acids is 2. The molecule has 0 saturated carbocycles. The van der Waals surface area contributed by atoms with Crippen LogP contribution >= 0.6 is 0 Å². The van der Waals surface area contributed by atoms with Crippen molar-refractivity contribution in [2.75, 3.05) is 13.1 Å². The summed E-state index contributed by atoms with van der Waals surface area (Å²) in [6.07, 6.45) is 3.07. The predicted octanol–water partition coefficient (Wildman–Crippen LogP) is 1.05. The first-order valence-electron chi connectivity index (χ1n) is 9.64. The Bertz CT molecular complexity index is 1360. The Kier molecular flexibility index (Phi) is 5.54. The van der Waals surface area contributed by atoms with Crippen LogP contribution in [-0.2, 0) is 28.0 Å². The summed E-state index contributed by atoms with van der Waals surface area (Å²) in [4.78, 5) is 38.6. The first kappa shape index (κ1) is 21.0. The Hall–Kier alpha value is -4.28. The van der Waals surface area contributed by atoms with Crippen LogP contribution in [0.1, 0.15) is 0 Å². The highest BCUT2D eigenvalue weighted by molar-refractivity contribution is 5.96. The third kappa shape index (κ3) is 4.13. The van der Waals surface area contributed by atoms with Gasteiger partial charge in [0.25, 0.3) is 0 Å². The first-order chi connectivity index (χ1) is 15.3. The van der Waals surface area contributed by atoms with Gasteiger partial charge in [0.2, 0.25) is 11.8 Å². The van der Waals surface area contributed by atoms with Crippen LogP contribution in [0.25, 0.3) is 33.1 Å². The molecule has 0 saturated heterocycles. The van der Waals surface area contributed by atoms with Gasteiger partial charge in [0.1, 0.15) is 18.9 Å². The maximum atomic E-state index is 14.8. The molecule has 0 atom stereocenters. The van der Waals surface area contributed by atoms with E-state index in [9.17, 15) is 18.8 Å². The van der Waals surface area contributed by atoms with Crippen LogP contribution in [0.5, 0.6) is 0 Å². The molecule has 0 unspecified atom stereocenters. The summed E-state index contributed by atoms with van der Waals surface area (Å²) in [5.74, 6) is -2.65. The molecule has 2 aromatic heterocycles. The van der Waals surface area contributed by atoms with Gasteiger partial charge in [-0.1, -0.05) is 12.1 Å². The molecule has 164 valence electrons. The number of carbonyl (C=O) groups is 3. The van der Waals surface area contributed by atoms with Crippen molar-refractivity contribution < 1.29 is 23.9 Å². The summed E-state index contributed by atoms with van der Waals surface area (Å²) in [7, 11) is 1.78. The normalized spacial score (nSPS) is 11.1. The summed E-state index contributed by atoms with van der Waals surface area (Å²) in [5.41, 5.74) is 2.88. The number of aliphatic carboxylic acids is 1. The topological polar surface area (TPSA) is 131 Å². The molecule has 2 heterocycles. The van der Waals surface area contributed by atoms with E-state index in [1.807, 2.05) is 0 Å². The molecule has 2 aromatic carbocycles. The van der Waals surface area contributed by atoms with Crippen molar-refractivity contribution in [1.29, 1.82) is 0 Å². The molecule has 0 spiro atoms. The third-order valence-corrected chi connectivity index (χ3v) is 4.97. The zero-order chi connectivity index (χ0) is 22.8. The monoisotopic (exact) mass is 438 g/mol. The number of benzene rings is 2. The van der Waals surface area contributed by atoms with Crippen LogP contribution in [0, 0.1) is 5.82 Å². The zero-order valence-corrected chi connectivity index (χ0v) is 17.0. The maximum absolute atomic E-state index is 14.8. The number of fused-ring (bicyclic) bond motifs is 2. The quantitative estimate of drug-likeness (QED) is 0.395. The van der Waals surface area contributed by atoms with Crippen LogP contribution < -0.4 is 10.6 Å². The molecule has 10 nitrogen and oxygen atoms in total. The van der Waals surface area contributed by atoms with Crippen molar-refractivity contribution in [3.8, 4) is 11.1 Å². The fourth-order valence-corrected chi connectivity index (χ4v) is 3.44. The lowest BCUT2D eigenvalue weighted by atomic mass is 10.0. The number of hydrogen-bond acceptors (Lipinski definition) is 5. The van der Waals surface area contributed by atoms with Crippen LogP contribution in [0.15, 0.2) is 42.9 Å². The summed E-state index contributed by atoms with van der Waals surface area (Å²) in [6, 6.07) is 8.41. The number of hydrogen-bond donors (Lipinski definition) is 3. The Labute approximate surface area is 180 Å². The van der Waals surface area contributed by atoms with E-state index in [4.69, 9.17) is 5.11 Å². The molecule has 0 radical (unpaired) electrons. The van der Waals surface area contributed by atoms with E-state index in [1.54, 1.807) is 46.8 Å². The minimum Gasteiger partial charge on any atom is -0.480 e. The average Bonchev–Trinajstić information content (AvgIpc) is 3.33. The van der Waals surface area contributed by atoms with Crippen molar-refractivity contribution in [2.45, 2.75) is 6.54 Å². The molecular formula is C21H19FN6O4. The molecule has 0 fully saturated rings. The predicted molar refractivity (Wildman–Crippen MR) is 113 cm³/mol. The number of nitrogens with zero attached hydrogens (tertiary/aromatic N) is 4. The Morgan fingerprint density at radius 3 is 2.62 bits per heavy atom. The van der Waals surface area contributed by atoms with Gasteiger partial charge in [0.05, 0.1) is 35.6 Å². The molecular weight excluding hydrogens is 419 g/mol. The average molecular weight is 438 g/mol. The van der Waals surface area contributed by atoms with Crippen LogP contribution in [-0.4, -0.2) is 55.3 Å². The molecule has 4 rings (SSSR count). The van der Waals surface area contributed by atoms with Gasteiger partial charge in [-0.3, -0.25) is 19.1 Å². The van der Waals surface area contributed by atoms with Gasteiger partial charge in [-0.05, 0) is 18.2 Å². The number of para-hydroxylation sites is 1. The van der Waals surface area contributed by atoms with Crippen LogP contribution in [0.3, 0.4) is 0 Å². The molecule has 4 aromatic rings. The van der Waals surface area contributed by atoms with E-state index in [0.29, 0.717) is 27.5 Å². The smallest absolute Gasteiger partial charge is 0.322 e. The van der Waals surface area contributed by atoms with Gasteiger partial charge in [0, 0.05) is 23.6 Å². The lowest BCUT2D eigenvalue weighted by molar-refractivity contribution is -0.137. The van der Waals surface area contributed by atoms with E-state index in [1.165, 1.54) is 12.4 Å².